The van der Waals surface area contributed by atoms with Crippen molar-refractivity contribution in [2.45, 2.75) is 38.8 Å². The van der Waals surface area contributed by atoms with Gasteiger partial charge in [0.2, 0.25) is 0 Å². The van der Waals surface area contributed by atoms with Crippen LogP contribution in [0.25, 0.3) is 0 Å². The van der Waals surface area contributed by atoms with Gasteiger partial charge in [0.05, 0.1) is 19.3 Å². The van der Waals surface area contributed by atoms with E-state index in [-0.39, 0.29) is 0 Å². The maximum absolute atomic E-state index is 5.16. The highest BCUT2D eigenvalue weighted by atomic mass is 16.5. The number of hydrogen-bond acceptors (Lipinski definition) is 2. The Morgan fingerprint density at radius 1 is 1.31 bits per heavy atom. The molecule has 16 heavy (non-hydrogen) atoms. The Hall–Kier alpha value is -0.860. The van der Waals surface area contributed by atoms with Crippen molar-refractivity contribution >= 4 is 0 Å². The van der Waals surface area contributed by atoms with Crippen LogP contribution in [0.15, 0.2) is 24.3 Å². The first-order chi connectivity index (χ1) is 7.79. The van der Waals surface area contributed by atoms with Crippen LogP contribution in [0.4, 0.5) is 0 Å². The summed E-state index contributed by atoms with van der Waals surface area (Å²) in [5, 5.41) is 3.56. The summed E-state index contributed by atoms with van der Waals surface area (Å²) in [5.41, 5.74) is 2.80. The predicted octanol–water partition coefficient (Wildman–Crippen LogP) is 2.69. The summed E-state index contributed by atoms with van der Waals surface area (Å²) in [6.45, 7) is 6.15. The van der Waals surface area contributed by atoms with Crippen molar-refractivity contribution in [3.8, 4) is 0 Å². The third-order valence-electron chi connectivity index (χ3n) is 3.14. The van der Waals surface area contributed by atoms with Crippen LogP contribution in [0.3, 0.4) is 0 Å². The van der Waals surface area contributed by atoms with Gasteiger partial charge in [0.25, 0.3) is 0 Å². The molecule has 1 aromatic carbocycles. The lowest BCUT2D eigenvalue weighted by Crippen LogP contribution is -2.46. The van der Waals surface area contributed by atoms with Gasteiger partial charge >= 0.3 is 0 Å². The number of hydrogen-bond donors (Lipinski definition) is 1. The van der Waals surface area contributed by atoms with E-state index in [1.54, 1.807) is 0 Å². The van der Waals surface area contributed by atoms with Crippen molar-refractivity contribution in [3.05, 3.63) is 35.4 Å². The van der Waals surface area contributed by atoms with Gasteiger partial charge in [0.15, 0.2) is 0 Å². The van der Waals surface area contributed by atoms with Crippen molar-refractivity contribution in [3.63, 3.8) is 0 Å². The molecule has 0 saturated carbocycles. The maximum Gasteiger partial charge on any atom is 0.0643 e. The Labute approximate surface area is 98.0 Å². The summed E-state index contributed by atoms with van der Waals surface area (Å²) in [6, 6.07) is 9.93. The van der Waals surface area contributed by atoms with Crippen molar-refractivity contribution < 1.29 is 4.74 Å². The zero-order chi connectivity index (χ0) is 11.4. The Morgan fingerprint density at radius 2 is 2.00 bits per heavy atom. The molecule has 0 spiro atoms. The first-order valence-corrected chi connectivity index (χ1v) is 6.22. The normalized spacial score (nSPS) is 18.1. The minimum atomic E-state index is 0.421. The van der Waals surface area contributed by atoms with Gasteiger partial charge in [0, 0.05) is 6.04 Å². The zero-order valence-corrected chi connectivity index (χ0v) is 10.2. The minimum absolute atomic E-state index is 0.421. The van der Waals surface area contributed by atoms with Gasteiger partial charge in [-0.3, -0.25) is 0 Å². The fourth-order valence-electron chi connectivity index (χ4n) is 2.04. The highest BCUT2D eigenvalue weighted by molar-refractivity contribution is 5.24. The fourth-order valence-corrected chi connectivity index (χ4v) is 2.04. The van der Waals surface area contributed by atoms with Crippen molar-refractivity contribution in [2.24, 2.45) is 0 Å². The number of aryl methyl sites for hydroxylation is 1. The monoisotopic (exact) mass is 219 g/mol. The zero-order valence-electron chi connectivity index (χ0n) is 10.2. The topological polar surface area (TPSA) is 21.3 Å². The predicted molar refractivity (Wildman–Crippen MR) is 66.6 cm³/mol. The molecule has 0 aromatic heterocycles. The molecule has 1 N–H and O–H groups in total. The first kappa shape index (κ1) is 11.6. The number of benzene rings is 1. The van der Waals surface area contributed by atoms with E-state index in [1.165, 1.54) is 24.0 Å². The van der Waals surface area contributed by atoms with Crippen LogP contribution in [0.2, 0.25) is 0 Å². The lowest BCUT2D eigenvalue weighted by molar-refractivity contribution is -0.00925. The molecule has 1 fully saturated rings. The van der Waals surface area contributed by atoms with Gasteiger partial charge < -0.3 is 10.1 Å². The number of rotatable bonds is 5. The van der Waals surface area contributed by atoms with Crippen LogP contribution in [-0.4, -0.2) is 19.3 Å². The van der Waals surface area contributed by atoms with Crippen molar-refractivity contribution in [2.75, 3.05) is 13.2 Å². The minimum Gasteiger partial charge on any atom is -0.378 e. The van der Waals surface area contributed by atoms with Crippen molar-refractivity contribution in [1.29, 1.82) is 0 Å². The van der Waals surface area contributed by atoms with Crippen LogP contribution in [0.1, 0.15) is 37.4 Å². The van der Waals surface area contributed by atoms with E-state index in [0.29, 0.717) is 12.1 Å². The SMILES string of the molecule is CCCc1ccc(C(C)NC2COC2)cc1. The van der Waals surface area contributed by atoms with Gasteiger partial charge in [-0.1, -0.05) is 37.6 Å². The third kappa shape index (κ3) is 2.83. The summed E-state index contributed by atoms with van der Waals surface area (Å²) < 4.78 is 5.16. The average Bonchev–Trinajstić information content (AvgIpc) is 2.25. The second-order valence-corrected chi connectivity index (χ2v) is 4.61. The quantitative estimate of drug-likeness (QED) is 0.822. The highest BCUT2D eigenvalue weighted by Gasteiger charge is 2.20. The molecule has 88 valence electrons. The second-order valence-electron chi connectivity index (χ2n) is 4.61. The molecule has 0 bridgehead atoms. The number of ether oxygens (including phenoxy) is 1. The van der Waals surface area contributed by atoms with Crippen LogP contribution < -0.4 is 5.32 Å². The van der Waals surface area contributed by atoms with Crippen LogP contribution in [-0.2, 0) is 11.2 Å². The molecule has 1 aliphatic rings. The average molecular weight is 219 g/mol. The van der Waals surface area contributed by atoms with Gasteiger partial charge in [-0.15, -0.1) is 0 Å². The molecular formula is C14H21NO. The summed E-state index contributed by atoms with van der Waals surface area (Å²) in [7, 11) is 0. The summed E-state index contributed by atoms with van der Waals surface area (Å²) in [5.74, 6) is 0. The van der Waals surface area contributed by atoms with Gasteiger partial charge in [-0.2, -0.15) is 0 Å². The van der Waals surface area contributed by atoms with Crippen LogP contribution >= 0.6 is 0 Å². The van der Waals surface area contributed by atoms with Gasteiger partial charge in [-0.25, -0.2) is 0 Å². The Morgan fingerprint density at radius 3 is 2.50 bits per heavy atom. The molecule has 1 atom stereocenters. The fraction of sp³-hybridized carbons (Fsp3) is 0.571. The summed E-state index contributed by atoms with van der Waals surface area (Å²) in [4.78, 5) is 0. The molecule has 0 amide bonds. The second kappa shape index (κ2) is 5.46. The van der Waals surface area contributed by atoms with Crippen LogP contribution in [0.5, 0.6) is 0 Å². The lowest BCUT2D eigenvalue weighted by atomic mass is 10.0. The Balaban J connectivity index is 1.91. The lowest BCUT2D eigenvalue weighted by Gasteiger charge is -2.30. The molecule has 0 aliphatic carbocycles. The highest BCUT2D eigenvalue weighted by Crippen LogP contribution is 2.16. The van der Waals surface area contributed by atoms with E-state index in [9.17, 15) is 0 Å². The molecule has 1 aliphatic heterocycles. The smallest absolute Gasteiger partial charge is 0.0643 e. The Kier molecular flexibility index (Phi) is 3.97. The van der Waals surface area contributed by atoms with Gasteiger partial charge in [-0.05, 0) is 24.5 Å². The number of nitrogens with one attached hydrogen (secondary N) is 1. The van der Waals surface area contributed by atoms with E-state index < -0.39 is 0 Å². The molecule has 2 rings (SSSR count). The van der Waals surface area contributed by atoms with E-state index in [0.717, 1.165) is 13.2 Å². The molecule has 1 saturated heterocycles. The molecule has 1 unspecified atom stereocenters. The van der Waals surface area contributed by atoms with E-state index in [4.69, 9.17) is 4.74 Å². The maximum atomic E-state index is 5.16. The molecule has 1 heterocycles. The third-order valence-corrected chi connectivity index (χ3v) is 3.14. The van der Waals surface area contributed by atoms with E-state index in [2.05, 4.69) is 43.4 Å². The molecule has 1 aromatic rings. The largest absolute Gasteiger partial charge is 0.378 e. The molecule has 2 heteroatoms. The van der Waals surface area contributed by atoms with Crippen LogP contribution in [0, 0.1) is 0 Å². The van der Waals surface area contributed by atoms with Gasteiger partial charge in [0.1, 0.15) is 0 Å². The van der Waals surface area contributed by atoms with E-state index >= 15 is 0 Å². The van der Waals surface area contributed by atoms with E-state index in [1.807, 2.05) is 0 Å². The Bertz CT molecular complexity index is 316. The molecular weight excluding hydrogens is 198 g/mol. The van der Waals surface area contributed by atoms with Crippen molar-refractivity contribution in [1.82, 2.24) is 5.32 Å². The standard InChI is InChI=1S/C14H21NO/c1-3-4-12-5-7-13(8-6-12)11(2)15-14-9-16-10-14/h5-8,11,14-15H,3-4,9-10H2,1-2H3. The summed E-state index contributed by atoms with van der Waals surface area (Å²) >= 11 is 0. The molecule has 2 nitrogen and oxygen atoms in total. The summed E-state index contributed by atoms with van der Waals surface area (Å²) in [6.07, 6.45) is 2.39. The molecule has 0 radical (unpaired) electrons. The first-order valence-electron chi connectivity index (χ1n) is 6.22.